The fourth-order valence-electron chi connectivity index (χ4n) is 1.70. The Hall–Kier alpha value is -1.92. The van der Waals surface area contributed by atoms with Crippen molar-refractivity contribution < 1.29 is 0 Å². The maximum atomic E-state index is 5.91. The average Bonchev–Trinajstić information content (AvgIpc) is 3.00. The molecule has 0 atom stereocenters. The molecule has 0 aromatic carbocycles. The highest BCUT2D eigenvalue weighted by Gasteiger charge is 2.10. The zero-order valence-corrected chi connectivity index (χ0v) is 11.6. The molecule has 3 rings (SSSR count). The van der Waals surface area contributed by atoms with Gasteiger partial charge >= 0.3 is 0 Å². The third-order valence-electron chi connectivity index (χ3n) is 2.53. The summed E-state index contributed by atoms with van der Waals surface area (Å²) in [6, 6.07) is 5.61. The Balaban J connectivity index is 1.93. The monoisotopic (exact) mass is 291 g/mol. The van der Waals surface area contributed by atoms with Gasteiger partial charge < -0.3 is 5.32 Å². The summed E-state index contributed by atoms with van der Waals surface area (Å²) in [6.45, 7) is 1.97. The summed E-state index contributed by atoms with van der Waals surface area (Å²) in [7, 11) is 0. The van der Waals surface area contributed by atoms with E-state index in [9.17, 15) is 0 Å². The van der Waals surface area contributed by atoms with Gasteiger partial charge in [-0.05, 0) is 24.6 Å². The number of thiazole rings is 1. The van der Waals surface area contributed by atoms with Crippen molar-refractivity contribution in [2.24, 2.45) is 0 Å². The van der Waals surface area contributed by atoms with Crippen molar-refractivity contribution >= 4 is 33.9 Å². The second-order valence-electron chi connectivity index (χ2n) is 3.90. The molecule has 19 heavy (non-hydrogen) atoms. The Morgan fingerprint density at radius 1 is 1.32 bits per heavy atom. The van der Waals surface area contributed by atoms with Crippen LogP contribution in [0.25, 0.3) is 10.4 Å². The first kappa shape index (κ1) is 12.1. The third kappa shape index (κ3) is 2.59. The van der Waals surface area contributed by atoms with Crippen LogP contribution < -0.4 is 5.32 Å². The van der Waals surface area contributed by atoms with Crippen molar-refractivity contribution in [1.82, 2.24) is 20.2 Å². The van der Waals surface area contributed by atoms with Gasteiger partial charge in [0.15, 0.2) is 5.13 Å². The predicted molar refractivity (Wildman–Crippen MR) is 77.0 cm³/mol. The lowest BCUT2D eigenvalue weighted by Crippen LogP contribution is -1.89. The fourth-order valence-corrected chi connectivity index (χ4v) is 2.85. The van der Waals surface area contributed by atoms with Crippen LogP contribution in [0.5, 0.6) is 0 Å². The zero-order chi connectivity index (χ0) is 13.2. The van der Waals surface area contributed by atoms with E-state index in [-0.39, 0.29) is 0 Å². The minimum atomic E-state index is 0.480. The normalized spacial score (nSPS) is 10.6. The number of hydrogen-bond acceptors (Lipinski definition) is 5. The van der Waals surface area contributed by atoms with Gasteiger partial charge in [0.2, 0.25) is 0 Å². The largest absolute Gasteiger partial charge is 0.317 e. The molecule has 0 amide bonds. The number of anilines is 2. The van der Waals surface area contributed by atoms with Gasteiger partial charge in [-0.2, -0.15) is 5.10 Å². The molecule has 3 aromatic heterocycles. The number of nitrogens with one attached hydrogen (secondary N) is 2. The molecule has 7 heteroatoms. The van der Waals surface area contributed by atoms with Crippen LogP contribution in [0.15, 0.2) is 30.6 Å². The maximum Gasteiger partial charge on any atom is 0.189 e. The number of aromatic amines is 1. The van der Waals surface area contributed by atoms with E-state index in [2.05, 4.69) is 25.5 Å². The lowest BCUT2D eigenvalue weighted by molar-refractivity contribution is 1.09. The Kier molecular flexibility index (Phi) is 3.18. The summed E-state index contributed by atoms with van der Waals surface area (Å²) >= 11 is 7.48. The molecular weight excluding hydrogens is 282 g/mol. The number of rotatable bonds is 3. The molecule has 5 nitrogen and oxygen atoms in total. The molecule has 0 spiro atoms. The number of H-pyrrole nitrogens is 1. The SMILES string of the molecule is Cc1nc(Nc2ccn[nH]2)sc1-c1ccnc(Cl)c1. The Morgan fingerprint density at radius 2 is 2.21 bits per heavy atom. The van der Waals surface area contributed by atoms with Gasteiger partial charge in [-0.1, -0.05) is 22.9 Å². The summed E-state index contributed by atoms with van der Waals surface area (Å²) in [4.78, 5) is 9.55. The number of halogens is 1. The van der Waals surface area contributed by atoms with Crippen LogP contribution in [0.1, 0.15) is 5.69 Å². The molecule has 2 N–H and O–H groups in total. The highest BCUT2D eigenvalue weighted by Crippen LogP contribution is 2.34. The van der Waals surface area contributed by atoms with Crippen LogP contribution in [-0.2, 0) is 0 Å². The molecule has 0 saturated carbocycles. The molecule has 3 heterocycles. The number of aryl methyl sites for hydroxylation is 1. The van der Waals surface area contributed by atoms with Gasteiger partial charge in [-0.15, -0.1) is 0 Å². The van der Waals surface area contributed by atoms with Crippen LogP contribution in [0, 0.1) is 6.92 Å². The predicted octanol–water partition coefficient (Wildman–Crippen LogP) is 3.63. The van der Waals surface area contributed by atoms with Crippen LogP contribution in [0.2, 0.25) is 5.15 Å². The first-order chi connectivity index (χ1) is 9.22. The Labute approximate surface area is 118 Å². The molecule has 96 valence electrons. The van der Waals surface area contributed by atoms with E-state index in [1.807, 2.05) is 25.1 Å². The van der Waals surface area contributed by atoms with Crippen molar-refractivity contribution in [2.75, 3.05) is 5.32 Å². The topological polar surface area (TPSA) is 66.5 Å². The molecule has 0 aliphatic heterocycles. The van der Waals surface area contributed by atoms with Crippen LogP contribution in [-0.4, -0.2) is 20.2 Å². The summed E-state index contributed by atoms with van der Waals surface area (Å²) < 4.78 is 0. The van der Waals surface area contributed by atoms with E-state index in [1.165, 1.54) is 0 Å². The van der Waals surface area contributed by atoms with Crippen molar-refractivity contribution in [3.63, 3.8) is 0 Å². The van der Waals surface area contributed by atoms with Crippen LogP contribution in [0.4, 0.5) is 10.9 Å². The standard InChI is InChI=1S/C12H10ClN5S/c1-7-11(8-2-4-14-9(13)6-8)19-12(16-7)17-10-3-5-15-18-10/h2-6H,1H3,(H2,15,16,17,18). The third-order valence-corrected chi connectivity index (χ3v) is 3.86. The molecule has 0 aliphatic carbocycles. The highest BCUT2D eigenvalue weighted by atomic mass is 35.5. The van der Waals surface area contributed by atoms with Gasteiger partial charge in [-0.3, -0.25) is 5.10 Å². The molecule has 3 aromatic rings. The Morgan fingerprint density at radius 3 is 2.95 bits per heavy atom. The molecule has 0 radical (unpaired) electrons. The Bertz CT molecular complexity index is 692. The zero-order valence-electron chi connectivity index (χ0n) is 10.0. The first-order valence-corrected chi connectivity index (χ1v) is 6.77. The molecule has 0 saturated heterocycles. The average molecular weight is 292 g/mol. The minimum Gasteiger partial charge on any atom is -0.317 e. The van der Waals surface area contributed by atoms with Crippen LogP contribution in [0.3, 0.4) is 0 Å². The summed E-state index contributed by atoms with van der Waals surface area (Å²) in [5.74, 6) is 0.813. The van der Waals surface area contributed by atoms with Crippen LogP contribution >= 0.6 is 22.9 Å². The van der Waals surface area contributed by atoms with E-state index in [0.29, 0.717) is 5.15 Å². The van der Waals surface area contributed by atoms with Gasteiger partial charge in [-0.25, -0.2) is 9.97 Å². The molecule has 0 bridgehead atoms. The second-order valence-corrected chi connectivity index (χ2v) is 5.28. The van der Waals surface area contributed by atoms with E-state index in [0.717, 1.165) is 27.1 Å². The molecule has 0 fully saturated rings. The highest BCUT2D eigenvalue weighted by molar-refractivity contribution is 7.19. The number of hydrogen-bond donors (Lipinski definition) is 2. The smallest absolute Gasteiger partial charge is 0.189 e. The van der Waals surface area contributed by atoms with Crippen molar-refractivity contribution in [3.8, 4) is 10.4 Å². The summed E-state index contributed by atoms with van der Waals surface area (Å²) in [5.41, 5.74) is 1.97. The lowest BCUT2D eigenvalue weighted by Gasteiger charge is -1.98. The number of nitrogens with zero attached hydrogens (tertiary/aromatic N) is 3. The van der Waals surface area contributed by atoms with Crippen molar-refractivity contribution in [2.45, 2.75) is 6.92 Å². The van der Waals surface area contributed by atoms with Gasteiger partial charge in [0, 0.05) is 12.3 Å². The van der Waals surface area contributed by atoms with E-state index >= 15 is 0 Å². The molecule has 0 aliphatic rings. The lowest BCUT2D eigenvalue weighted by atomic mass is 10.2. The molecule has 0 unspecified atom stereocenters. The first-order valence-electron chi connectivity index (χ1n) is 5.58. The van der Waals surface area contributed by atoms with Crippen molar-refractivity contribution in [1.29, 1.82) is 0 Å². The maximum absolute atomic E-state index is 5.91. The molecular formula is C12H10ClN5S. The quantitative estimate of drug-likeness (QED) is 0.723. The van der Waals surface area contributed by atoms with E-state index < -0.39 is 0 Å². The number of aromatic nitrogens is 4. The number of pyridine rings is 1. The van der Waals surface area contributed by atoms with E-state index in [1.54, 1.807) is 23.7 Å². The van der Waals surface area contributed by atoms with Gasteiger partial charge in [0.05, 0.1) is 16.8 Å². The summed E-state index contributed by atoms with van der Waals surface area (Å²) in [5, 5.41) is 11.2. The van der Waals surface area contributed by atoms with Gasteiger partial charge in [0.1, 0.15) is 11.0 Å². The van der Waals surface area contributed by atoms with Gasteiger partial charge in [0.25, 0.3) is 0 Å². The summed E-state index contributed by atoms with van der Waals surface area (Å²) in [6.07, 6.45) is 3.38. The van der Waals surface area contributed by atoms with Crippen molar-refractivity contribution in [3.05, 3.63) is 41.4 Å². The minimum absolute atomic E-state index is 0.480. The second kappa shape index (κ2) is 4.99. The van der Waals surface area contributed by atoms with E-state index in [4.69, 9.17) is 11.6 Å². The fraction of sp³-hybridized carbons (Fsp3) is 0.0833.